The van der Waals surface area contributed by atoms with Gasteiger partial charge in [0.05, 0.1) is 19.5 Å². The van der Waals surface area contributed by atoms with Gasteiger partial charge in [-0.25, -0.2) is 0 Å². The molecule has 0 aromatic heterocycles. The molecule has 2 rings (SSSR count). The molecule has 1 N–H and O–H groups in total. The standard InChI is InChI=1S/C15H13BrN2O2/c1-20-14-6-7-15(19)12(8-14)10-18-17-9-11-2-4-13(16)5-3-11/h2-10,19H,1H3/b17-9+,18-10+. The second-order valence-corrected chi connectivity index (χ2v) is 4.88. The van der Waals surface area contributed by atoms with Gasteiger partial charge in [0.15, 0.2) is 0 Å². The molecule has 0 spiro atoms. The van der Waals surface area contributed by atoms with E-state index in [0.717, 1.165) is 10.0 Å². The Morgan fingerprint density at radius 2 is 1.75 bits per heavy atom. The highest BCUT2D eigenvalue weighted by molar-refractivity contribution is 9.10. The van der Waals surface area contributed by atoms with Crippen molar-refractivity contribution >= 4 is 28.4 Å². The fourth-order valence-corrected chi connectivity index (χ4v) is 1.77. The maximum absolute atomic E-state index is 9.67. The molecular weight excluding hydrogens is 320 g/mol. The lowest BCUT2D eigenvalue weighted by Crippen LogP contribution is -1.87. The van der Waals surface area contributed by atoms with Crippen LogP contribution in [0.2, 0.25) is 0 Å². The van der Waals surface area contributed by atoms with E-state index in [9.17, 15) is 5.11 Å². The van der Waals surface area contributed by atoms with E-state index in [-0.39, 0.29) is 5.75 Å². The first-order valence-corrected chi connectivity index (χ1v) is 6.67. The van der Waals surface area contributed by atoms with Crippen molar-refractivity contribution in [2.24, 2.45) is 10.2 Å². The first kappa shape index (κ1) is 14.3. The van der Waals surface area contributed by atoms with Gasteiger partial charge in [-0.1, -0.05) is 28.1 Å². The first-order valence-electron chi connectivity index (χ1n) is 5.88. The molecule has 20 heavy (non-hydrogen) atoms. The normalized spacial score (nSPS) is 11.3. The molecule has 0 aliphatic heterocycles. The molecule has 0 aliphatic carbocycles. The molecule has 0 atom stereocenters. The van der Waals surface area contributed by atoms with Crippen LogP contribution in [0.4, 0.5) is 0 Å². The Morgan fingerprint density at radius 3 is 2.45 bits per heavy atom. The van der Waals surface area contributed by atoms with Gasteiger partial charge in [0, 0.05) is 10.0 Å². The van der Waals surface area contributed by atoms with Crippen LogP contribution in [-0.4, -0.2) is 24.6 Å². The molecular formula is C15H13BrN2O2. The molecule has 0 saturated carbocycles. The highest BCUT2D eigenvalue weighted by Gasteiger charge is 1.99. The van der Waals surface area contributed by atoms with E-state index in [2.05, 4.69) is 26.1 Å². The summed E-state index contributed by atoms with van der Waals surface area (Å²) >= 11 is 3.37. The molecule has 0 amide bonds. The predicted octanol–water partition coefficient (Wildman–Crippen LogP) is 3.62. The van der Waals surface area contributed by atoms with E-state index in [1.165, 1.54) is 6.21 Å². The maximum atomic E-state index is 9.67. The fourth-order valence-electron chi connectivity index (χ4n) is 1.51. The van der Waals surface area contributed by atoms with E-state index >= 15 is 0 Å². The van der Waals surface area contributed by atoms with Gasteiger partial charge in [-0.3, -0.25) is 0 Å². The Morgan fingerprint density at radius 1 is 1.05 bits per heavy atom. The smallest absolute Gasteiger partial charge is 0.124 e. The third-order valence-electron chi connectivity index (χ3n) is 2.57. The van der Waals surface area contributed by atoms with E-state index in [4.69, 9.17) is 4.74 Å². The third kappa shape index (κ3) is 3.93. The van der Waals surface area contributed by atoms with Crippen molar-refractivity contribution in [3.05, 3.63) is 58.1 Å². The molecule has 0 bridgehead atoms. The summed E-state index contributed by atoms with van der Waals surface area (Å²) in [6.45, 7) is 0. The number of phenolic OH excluding ortho intramolecular Hbond substituents is 1. The summed E-state index contributed by atoms with van der Waals surface area (Å²) in [5, 5.41) is 17.5. The second-order valence-electron chi connectivity index (χ2n) is 3.97. The summed E-state index contributed by atoms with van der Waals surface area (Å²) < 4.78 is 6.09. The maximum Gasteiger partial charge on any atom is 0.124 e. The Hall–Kier alpha value is -2.14. The Balaban J connectivity index is 2.08. The van der Waals surface area contributed by atoms with Crippen LogP contribution in [0.15, 0.2) is 57.1 Å². The van der Waals surface area contributed by atoms with Gasteiger partial charge >= 0.3 is 0 Å². The predicted molar refractivity (Wildman–Crippen MR) is 84.0 cm³/mol. The molecule has 5 heteroatoms. The molecule has 0 unspecified atom stereocenters. The summed E-state index contributed by atoms with van der Waals surface area (Å²) in [4.78, 5) is 0. The summed E-state index contributed by atoms with van der Waals surface area (Å²) in [7, 11) is 1.57. The minimum Gasteiger partial charge on any atom is -0.507 e. The number of halogens is 1. The molecule has 2 aromatic carbocycles. The third-order valence-corrected chi connectivity index (χ3v) is 3.10. The summed E-state index contributed by atoms with van der Waals surface area (Å²) in [5.41, 5.74) is 1.50. The van der Waals surface area contributed by atoms with Crippen molar-refractivity contribution in [2.45, 2.75) is 0 Å². The van der Waals surface area contributed by atoms with Gasteiger partial charge < -0.3 is 9.84 Å². The SMILES string of the molecule is COc1ccc(O)c(/C=N/N=C/c2ccc(Br)cc2)c1. The molecule has 0 aliphatic rings. The second kappa shape index (κ2) is 6.86. The Kier molecular flexibility index (Phi) is 4.90. The van der Waals surface area contributed by atoms with Crippen molar-refractivity contribution in [2.75, 3.05) is 7.11 Å². The first-order chi connectivity index (χ1) is 9.69. The molecule has 2 aromatic rings. The van der Waals surface area contributed by atoms with Crippen molar-refractivity contribution < 1.29 is 9.84 Å². The Bertz CT molecular complexity index is 637. The summed E-state index contributed by atoms with van der Waals surface area (Å²) in [6.07, 6.45) is 3.12. The van der Waals surface area contributed by atoms with Crippen LogP contribution < -0.4 is 4.74 Å². The van der Waals surface area contributed by atoms with Crippen LogP contribution >= 0.6 is 15.9 Å². The number of nitrogens with zero attached hydrogens (tertiary/aromatic N) is 2. The van der Waals surface area contributed by atoms with E-state index in [0.29, 0.717) is 11.3 Å². The number of ether oxygens (including phenoxy) is 1. The van der Waals surface area contributed by atoms with Crippen LogP contribution in [0.25, 0.3) is 0 Å². The van der Waals surface area contributed by atoms with Crippen LogP contribution in [0.1, 0.15) is 11.1 Å². The molecule has 0 saturated heterocycles. The van der Waals surface area contributed by atoms with Gasteiger partial charge in [0.1, 0.15) is 11.5 Å². The summed E-state index contributed by atoms with van der Waals surface area (Å²) in [6, 6.07) is 12.6. The van der Waals surface area contributed by atoms with E-state index < -0.39 is 0 Å². The Labute approximate surface area is 125 Å². The molecule has 0 fully saturated rings. The minimum absolute atomic E-state index is 0.133. The topological polar surface area (TPSA) is 54.2 Å². The van der Waals surface area contributed by atoms with Gasteiger partial charge in [0.25, 0.3) is 0 Å². The van der Waals surface area contributed by atoms with Gasteiger partial charge in [-0.05, 0) is 35.9 Å². The monoisotopic (exact) mass is 332 g/mol. The van der Waals surface area contributed by atoms with Gasteiger partial charge in [-0.15, -0.1) is 0 Å². The van der Waals surface area contributed by atoms with Crippen molar-refractivity contribution in [1.29, 1.82) is 0 Å². The van der Waals surface area contributed by atoms with Crippen LogP contribution in [0.5, 0.6) is 11.5 Å². The average Bonchev–Trinajstić information content (AvgIpc) is 2.47. The molecule has 102 valence electrons. The van der Waals surface area contributed by atoms with Crippen molar-refractivity contribution in [3.8, 4) is 11.5 Å². The summed E-state index contributed by atoms with van der Waals surface area (Å²) in [5.74, 6) is 0.787. The highest BCUT2D eigenvalue weighted by atomic mass is 79.9. The largest absolute Gasteiger partial charge is 0.507 e. The number of rotatable bonds is 4. The van der Waals surface area contributed by atoms with Crippen molar-refractivity contribution in [3.63, 3.8) is 0 Å². The molecule has 0 radical (unpaired) electrons. The van der Waals surface area contributed by atoms with E-state index in [1.54, 1.807) is 31.5 Å². The van der Waals surface area contributed by atoms with E-state index in [1.807, 2.05) is 24.3 Å². The number of hydrogen-bond donors (Lipinski definition) is 1. The van der Waals surface area contributed by atoms with Crippen molar-refractivity contribution in [1.82, 2.24) is 0 Å². The number of benzene rings is 2. The van der Waals surface area contributed by atoms with Gasteiger partial charge in [0.2, 0.25) is 0 Å². The zero-order valence-electron chi connectivity index (χ0n) is 10.8. The van der Waals surface area contributed by atoms with Crippen LogP contribution in [0.3, 0.4) is 0 Å². The molecule has 0 heterocycles. The minimum atomic E-state index is 0.133. The highest BCUT2D eigenvalue weighted by Crippen LogP contribution is 2.21. The number of hydrogen-bond acceptors (Lipinski definition) is 4. The zero-order valence-corrected chi connectivity index (χ0v) is 12.4. The lowest BCUT2D eigenvalue weighted by molar-refractivity contribution is 0.412. The average molecular weight is 333 g/mol. The molecule has 4 nitrogen and oxygen atoms in total. The number of phenols is 1. The number of aromatic hydroxyl groups is 1. The quantitative estimate of drug-likeness (QED) is 0.686. The van der Waals surface area contributed by atoms with Crippen LogP contribution in [-0.2, 0) is 0 Å². The number of methoxy groups -OCH3 is 1. The van der Waals surface area contributed by atoms with Gasteiger partial charge in [-0.2, -0.15) is 10.2 Å². The zero-order chi connectivity index (χ0) is 14.4. The lowest BCUT2D eigenvalue weighted by atomic mass is 10.2. The fraction of sp³-hybridized carbons (Fsp3) is 0.0667. The van der Waals surface area contributed by atoms with Crippen LogP contribution in [0, 0.1) is 0 Å². The lowest BCUT2D eigenvalue weighted by Gasteiger charge is -2.01.